The number of nitro benzene ring substituents is 1. The summed E-state index contributed by atoms with van der Waals surface area (Å²) in [6.07, 6.45) is 2.81. The van der Waals surface area contributed by atoms with Gasteiger partial charge < -0.3 is 9.84 Å². The third-order valence-corrected chi connectivity index (χ3v) is 5.47. The SMILES string of the molecule is Cc1ccc(C(=O)N2C(C(=O)O)COC23CCC(C)CC3)cc1[N+](=O)[O-]. The van der Waals surface area contributed by atoms with Crippen molar-refractivity contribution in [2.75, 3.05) is 6.61 Å². The minimum atomic E-state index is -1.13. The molecule has 1 aliphatic heterocycles. The number of nitrogens with zero attached hydrogens (tertiary/aromatic N) is 2. The number of hydrogen-bond acceptors (Lipinski definition) is 5. The highest BCUT2D eigenvalue weighted by Crippen LogP contribution is 2.43. The summed E-state index contributed by atoms with van der Waals surface area (Å²) >= 11 is 0. The summed E-state index contributed by atoms with van der Waals surface area (Å²) in [5.74, 6) is -1.17. The molecule has 0 radical (unpaired) electrons. The lowest BCUT2D eigenvalue weighted by Gasteiger charge is -2.42. The minimum Gasteiger partial charge on any atom is -0.480 e. The monoisotopic (exact) mass is 362 g/mol. The van der Waals surface area contributed by atoms with Crippen LogP contribution in [0.2, 0.25) is 0 Å². The predicted octanol–water partition coefficient (Wildman–Crippen LogP) is 2.74. The van der Waals surface area contributed by atoms with Gasteiger partial charge in [-0.15, -0.1) is 0 Å². The highest BCUT2D eigenvalue weighted by Gasteiger charge is 2.53. The van der Waals surface area contributed by atoms with Crippen LogP contribution in [-0.4, -0.2) is 45.2 Å². The summed E-state index contributed by atoms with van der Waals surface area (Å²) in [7, 11) is 0. The molecule has 140 valence electrons. The van der Waals surface area contributed by atoms with Crippen LogP contribution in [-0.2, 0) is 9.53 Å². The predicted molar refractivity (Wildman–Crippen MR) is 91.7 cm³/mol. The van der Waals surface area contributed by atoms with Crippen LogP contribution in [0.4, 0.5) is 5.69 Å². The van der Waals surface area contributed by atoms with Crippen molar-refractivity contribution in [2.45, 2.75) is 51.3 Å². The number of carbonyl (C=O) groups is 2. The number of carbonyl (C=O) groups excluding carboxylic acids is 1. The number of aliphatic carboxylic acids is 1. The van der Waals surface area contributed by atoms with Crippen LogP contribution in [0.3, 0.4) is 0 Å². The molecular weight excluding hydrogens is 340 g/mol. The van der Waals surface area contributed by atoms with Gasteiger partial charge in [-0.2, -0.15) is 0 Å². The molecule has 3 rings (SSSR count). The Morgan fingerprint density at radius 3 is 2.58 bits per heavy atom. The van der Waals surface area contributed by atoms with Gasteiger partial charge in [-0.05, 0) is 44.6 Å². The smallest absolute Gasteiger partial charge is 0.328 e. The molecule has 8 nitrogen and oxygen atoms in total. The molecule has 1 heterocycles. The maximum atomic E-state index is 13.2. The molecule has 1 N–H and O–H groups in total. The Kier molecular flexibility index (Phi) is 4.70. The van der Waals surface area contributed by atoms with E-state index in [-0.39, 0.29) is 17.9 Å². The van der Waals surface area contributed by atoms with Gasteiger partial charge in [-0.3, -0.25) is 19.8 Å². The molecule has 1 aromatic rings. The van der Waals surface area contributed by atoms with Crippen LogP contribution in [0.1, 0.15) is 48.5 Å². The standard InChI is InChI=1S/C18H22N2O6/c1-11-5-7-18(8-6-11)19(15(10-26-18)17(22)23)16(21)13-4-3-12(2)14(9-13)20(24)25/h3-4,9,11,15H,5-8,10H2,1-2H3,(H,22,23). The van der Waals surface area contributed by atoms with Crippen LogP contribution in [0.5, 0.6) is 0 Å². The Bertz CT molecular complexity index is 754. The van der Waals surface area contributed by atoms with Crippen molar-refractivity contribution in [1.82, 2.24) is 4.90 Å². The Hall–Kier alpha value is -2.48. The molecule has 2 aliphatic rings. The fourth-order valence-electron chi connectivity index (χ4n) is 3.85. The number of nitro groups is 1. The molecular formula is C18H22N2O6. The van der Waals surface area contributed by atoms with Crippen molar-refractivity contribution in [3.8, 4) is 0 Å². The normalized spacial score (nSPS) is 28.3. The molecule has 1 saturated heterocycles. The third kappa shape index (κ3) is 3.05. The van der Waals surface area contributed by atoms with Gasteiger partial charge in [0.15, 0.2) is 6.04 Å². The van der Waals surface area contributed by atoms with Gasteiger partial charge in [0.05, 0.1) is 11.5 Å². The van der Waals surface area contributed by atoms with Crippen molar-refractivity contribution in [2.24, 2.45) is 5.92 Å². The average molecular weight is 362 g/mol. The van der Waals surface area contributed by atoms with Crippen LogP contribution >= 0.6 is 0 Å². The quantitative estimate of drug-likeness (QED) is 0.654. The van der Waals surface area contributed by atoms with E-state index in [0.29, 0.717) is 24.3 Å². The van der Waals surface area contributed by atoms with E-state index in [1.54, 1.807) is 6.92 Å². The van der Waals surface area contributed by atoms with Crippen molar-refractivity contribution in [1.29, 1.82) is 0 Å². The fourth-order valence-corrected chi connectivity index (χ4v) is 3.85. The van der Waals surface area contributed by atoms with Crippen LogP contribution < -0.4 is 0 Å². The summed E-state index contributed by atoms with van der Waals surface area (Å²) in [5, 5.41) is 20.7. The van der Waals surface area contributed by atoms with E-state index in [0.717, 1.165) is 12.8 Å². The lowest BCUT2D eigenvalue weighted by molar-refractivity contribution is -0.385. The first-order valence-corrected chi connectivity index (χ1v) is 8.70. The molecule has 1 amide bonds. The van der Waals surface area contributed by atoms with E-state index in [4.69, 9.17) is 4.74 Å². The maximum absolute atomic E-state index is 13.2. The summed E-state index contributed by atoms with van der Waals surface area (Å²) in [6.45, 7) is 3.64. The maximum Gasteiger partial charge on any atom is 0.328 e. The number of carboxylic acids is 1. The van der Waals surface area contributed by atoms with Crippen LogP contribution in [0.25, 0.3) is 0 Å². The van der Waals surface area contributed by atoms with Crippen LogP contribution in [0.15, 0.2) is 18.2 Å². The largest absolute Gasteiger partial charge is 0.480 e. The first kappa shape index (κ1) is 18.3. The van der Waals surface area contributed by atoms with Gasteiger partial charge in [0, 0.05) is 17.2 Å². The van der Waals surface area contributed by atoms with Gasteiger partial charge in [-0.1, -0.05) is 13.0 Å². The zero-order valence-electron chi connectivity index (χ0n) is 14.8. The van der Waals surface area contributed by atoms with Gasteiger partial charge >= 0.3 is 5.97 Å². The molecule has 1 aromatic carbocycles. The number of ether oxygens (including phenoxy) is 1. The number of rotatable bonds is 3. The van der Waals surface area contributed by atoms with Gasteiger partial charge in [0.1, 0.15) is 5.72 Å². The first-order valence-electron chi connectivity index (χ1n) is 8.70. The van der Waals surface area contributed by atoms with Crippen molar-refractivity contribution >= 4 is 17.6 Å². The highest BCUT2D eigenvalue weighted by molar-refractivity contribution is 5.98. The Balaban J connectivity index is 1.99. The Labute approximate surface area is 150 Å². The average Bonchev–Trinajstić information content (AvgIpc) is 2.96. The molecule has 26 heavy (non-hydrogen) atoms. The van der Waals surface area contributed by atoms with Crippen LogP contribution in [0, 0.1) is 23.0 Å². The van der Waals surface area contributed by atoms with E-state index in [9.17, 15) is 24.8 Å². The second kappa shape index (κ2) is 6.68. The fraction of sp³-hybridized carbons (Fsp3) is 0.556. The molecule has 1 atom stereocenters. The summed E-state index contributed by atoms with van der Waals surface area (Å²) < 4.78 is 5.85. The highest BCUT2D eigenvalue weighted by atomic mass is 16.6. The molecule has 0 bridgehead atoms. The Morgan fingerprint density at radius 2 is 2.00 bits per heavy atom. The lowest BCUT2D eigenvalue weighted by atomic mass is 9.83. The second-order valence-electron chi connectivity index (χ2n) is 7.23. The Morgan fingerprint density at radius 1 is 1.35 bits per heavy atom. The zero-order chi connectivity index (χ0) is 19.1. The first-order chi connectivity index (χ1) is 12.2. The molecule has 1 aliphatic carbocycles. The number of amides is 1. The third-order valence-electron chi connectivity index (χ3n) is 5.47. The number of aryl methyl sites for hydroxylation is 1. The van der Waals surface area contributed by atoms with Gasteiger partial charge in [0.2, 0.25) is 0 Å². The van der Waals surface area contributed by atoms with Crippen molar-refractivity contribution in [3.05, 3.63) is 39.4 Å². The number of carboxylic acid groups (broad SMARTS) is 1. The van der Waals surface area contributed by atoms with Gasteiger partial charge in [-0.25, -0.2) is 4.79 Å². The topological polar surface area (TPSA) is 110 Å². The summed E-state index contributed by atoms with van der Waals surface area (Å²) in [4.78, 5) is 36.8. The van der Waals surface area contributed by atoms with E-state index >= 15 is 0 Å². The van der Waals surface area contributed by atoms with Crippen molar-refractivity contribution < 1.29 is 24.4 Å². The van der Waals surface area contributed by atoms with E-state index in [1.165, 1.54) is 23.1 Å². The molecule has 2 fully saturated rings. The molecule has 1 unspecified atom stereocenters. The summed E-state index contributed by atoms with van der Waals surface area (Å²) in [6, 6.07) is 3.14. The second-order valence-corrected chi connectivity index (χ2v) is 7.23. The molecule has 1 saturated carbocycles. The van der Waals surface area contributed by atoms with Gasteiger partial charge in [0.25, 0.3) is 11.6 Å². The van der Waals surface area contributed by atoms with E-state index < -0.39 is 28.6 Å². The minimum absolute atomic E-state index is 0.0661. The summed E-state index contributed by atoms with van der Waals surface area (Å²) in [5.41, 5.74) is -0.543. The number of hydrogen-bond donors (Lipinski definition) is 1. The van der Waals surface area contributed by atoms with Crippen molar-refractivity contribution in [3.63, 3.8) is 0 Å². The molecule has 1 spiro atoms. The zero-order valence-corrected chi connectivity index (χ0v) is 14.8. The molecule has 8 heteroatoms. The molecule has 0 aromatic heterocycles. The van der Waals surface area contributed by atoms with E-state index in [1.807, 2.05) is 0 Å². The number of benzene rings is 1. The lowest BCUT2D eigenvalue weighted by Crippen LogP contribution is -2.55. The van der Waals surface area contributed by atoms with E-state index in [2.05, 4.69) is 6.92 Å².